The number of nitrogens with two attached hydrogens (primary N) is 2. The Labute approximate surface area is 143 Å². The van der Waals surface area contributed by atoms with E-state index < -0.39 is 0 Å². The molecule has 7 nitrogen and oxygen atoms in total. The van der Waals surface area contributed by atoms with E-state index in [4.69, 9.17) is 16.9 Å². The second-order valence-corrected chi connectivity index (χ2v) is 5.57. The van der Waals surface area contributed by atoms with Crippen LogP contribution in [-0.4, -0.2) is 25.8 Å². The topological polar surface area (TPSA) is 119 Å². The first kappa shape index (κ1) is 14.8. The summed E-state index contributed by atoms with van der Waals surface area (Å²) < 4.78 is 1.64. The molecule has 0 atom stereocenters. The molecule has 0 unspecified atom stereocenters. The fourth-order valence-corrected chi connectivity index (χ4v) is 2.83. The van der Waals surface area contributed by atoms with Crippen molar-refractivity contribution in [2.45, 2.75) is 0 Å². The normalized spacial score (nSPS) is 10.9. The zero-order valence-corrected chi connectivity index (χ0v) is 13.2. The number of anilines is 2. The van der Waals surface area contributed by atoms with Crippen LogP contribution < -0.4 is 11.5 Å². The molecule has 5 N–H and O–H groups in total. The number of nitrogens with zero attached hydrogens (tertiary/aromatic N) is 4. The summed E-state index contributed by atoms with van der Waals surface area (Å²) in [6, 6.07) is 15.3. The number of hydrogen-bond donors (Lipinski definition) is 3. The molecular formula is C18H15N7. The van der Waals surface area contributed by atoms with Crippen molar-refractivity contribution in [3.63, 3.8) is 0 Å². The maximum atomic E-state index is 7.55. The molecule has 2 aromatic heterocycles. The van der Waals surface area contributed by atoms with Gasteiger partial charge in [0, 0.05) is 23.0 Å². The van der Waals surface area contributed by atoms with Crippen molar-refractivity contribution in [2.24, 2.45) is 0 Å². The molecule has 2 heterocycles. The Morgan fingerprint density at radius 1 is 1.00 bits per heavy atom. The van der Waals surface area contributed by atoms with Crippen LogP contribution in [0.15, 0.2) is 54.9 Å². The maximum absolute atomic E-state index is 7.55. The molecular weight excluding hydrogens is 314 g/mol. The van der Waals surface area contributed by atoms with Gasteiger partial charge in [-0.2, -0.15) is 0 Å². The lowest BCUT2D eigenvalue weighted by molar-refractivity contribution is 1.09. The van der Waals surface area contributed by atoms with Crippen molar-refractivity contribution < 1.29 is 0 Å². The molecule has 2 aromatic carbocycles. The molecule has 0 aliphatic heterocycles. The number of hydrogen-bond acceptors (Lipinski definition) is 6. The summed E-state index contributed by atoms with van der Waals surface area (Å²) in [5.41, 5.74) is 17.0. The van der Waals surface area contributed by atoms with Crippen LogP contribution in [-0.2, 0) is 0 Å². The molecule has 0 saturated heterocycles. The Morgan fingerprint density at radius 2 is 1.80 bits per heavy atom. The van der Waals surface area contributed by atoms with Crippen LogP contribution in [0.2, 0.25) is 0 Å². The first-order valence-corrected chi connectivity index (χ1v) is 7.64. The SMILES string of the molecule is N=Cc1cc(-c2c(-c3ccccc3)nc(N)n3cnnc23)ccc1N. The van der Waals surface area contributed by atoms with Gasteiger partial charge >= 0.3 is 0 Å². The van der Waals surface area contributed by atoms with Gasteiger partial charge in [-0.1, -0.05) is 36.4 Å². The van der Waals surface area contributed by atoms with Gasteiger partial charge in [0.05, 0.1) is 11.3 Å². The molecule has 0 spiro atoms. The summed E-state index contributed by atoms with van der Waals surface area (Å²) in [4.78, 5) is 4.57. The molecule has 0 fully saturated rings. The van der Waals surface area contributed by atoms with Gasteiger partial charge < -0.3 is 16.9 Å². The third-order valence-corrected chi connectivity index (χ3v) is 4.06. The van der Waals surface area contributed by atoms with Crippen LogP contribution in [0.25, 0.3) is 28.0 Å². The van der Waals surface area contributed by atoms with Crippen LogP contribution in [0, 0.1) is 5.41 Å². The largest absolute Gasteiger partial charge is 0.398 e. The molecule has 0 aliphatic rings. The van der Waals surface area contributed by atoms with Gasteiger partial charge in [-0.3, -0.25) is 4.40 Å². The van der Waals surface area contributed by atoms with E-state index in [-0.39, 0.29) is 0 Å². The van der Waals surface area contributed by atoms with E-state index in [0.717, 1.165) is 16.7 Å². The zero-order chi connectivity index (χ0) is 17.4. The van der Waals surface area contributed by atoms with Crippen LogP contribution in [0.1, 0.15) is 5.56 Å². The van der Waals surface area contributed by atoms with E-state index in [0.29, 0.717) is 28.5 Å². The molecule has 0 aliphatic carbocycles. The van der Waals surface area contributed by atoms with E-state index in [9.17, 15) is 0 Å². The van der Waals surface area contributed by atoms with Crippen LogP contribution in [0.4, 0.5) is 11.6 Å². The van der Waals surface area contributed by atoms with Gasteiger partial charge in [-0.05, 0) is 17.7 Å². The number of rotatable bonds is 3. The molecule has 0 amide bonds. The predicted molar refractivity (Wildman–Crippen MR) is 98.4 cm³/mol. The summed E-state index contributed by atoms with van der Waals surface area (Å²) in [6.07, 6.45) is 2.76. The number of fused-ring (bicyclic) bond motifs is 1. The fraction of sp³-hybridized carbons (Fsp3) is 0. The van der Waals surface area contributed by atoms with Crippen LogP contribution in [0.3, 0.4) is 0 Å². The van der Waals surface area contributed by atoms with Crippen molar-refractivity contribution in [3.05, 3.63) is 60.4 Å². The van der Waals surface area contributed by atoms with Crippen molar-refractivity contribution in [1.82, 2.24) is 19.6 Å². The van der Waals surface area contributed by atoms with Gasteiger partial charge in [-0.25, -0.2) is 4.98 Å². The van der Waals surface area contributed by atoms with Crippen molar-refractivity contribution >= 4 is 23.5 Å². The van der Waals surface area contributed by atoms with Gasteiger partial charge in [0.15, 0.2) is 5.65 Å². The summed E-state index contributed by atoms with van der Waals surface area (Å²) in [5, 5.41) is 15.7. The van der Waals surface area contributed by atoms with Crippen molar-refractivity contribution in [1.29, 1.82) is 5.41 Å². The Bertz CT molecular complexity index is 1080. The highest BCUT2D eigenvalue weighted by atomic mass is 15.3. The maximum Gasteiger partial charge on any atom is 0.207 e. The minimum absolute atomic E-state index is 0.310. The Hall–Kier alpha value is -3.74. The highest BCUT2D eigenvalue weighted by Crippen LogP contribution is 2.35. The van der Waals surface area contributed by atoms with Gasteiger partial charge in [0.2, 0.25) is 5.95 Å². The van der Waals surface area contributed by atoms with Gasteiger partial charge in [0.25, 0.3) is 0 Å². The Kier molecular flexibility index (Phi) is 3.39. The quantitative estimate of drug-likeness (QED) is 0.394. The van der Waals surface area contributed by atoms with E-state index >= 15 is 0 Å². The molecule has 4 aromatic rings. The Balaban J connectivity index is 2.09. The molecule has 122 valence electrons. The second-order valence-electron chi connectivity index (χ2n) is 5.57. The summed E-state index contributed by atoms with van der Waals surface area (Å²) in [7, 11) is 0. The number of aromatic nitrogens is 4. The minimum Gasteiger partial charge on any atom is -0.398 e. The van der Waals surface area contributed by atoms with E-state index in [1.54, 1.807) is 10.5 Å². The average molecular weight is 329 g/mol. The predicted octanol–water partition coefficient (Wildman–Crippen LogP) is 2.62. The zero-order valence-electron chi connectivity index (χ0n) is 13.2. The van der Waals surface area contributed by atoms with E-state index in [1.807, 2.05) is 42.5 Å². The van der Waals surface area contributed by atoms with E-state index in [1.165, 1.54) is 12.5 Å². The van der Waals surface area contributed by atoms with E-state index in [2.05, 4.69) is 15.2 Å². The summed E-state index contributed by atoms with van der Waals surface area (Å²) in [6.45, 7) is 0. The molecule has 0 saturated carbocycles. The molecule has 25 heavy (non-hydrogen) atoms. The second kappa shape index (κ2) is 5.72. The first-order chi connectivity index (χ1) is 12.2. The number of nitrogens with one attached hydrogen (secondary N) is 1. The first-order valence-electron chi connectivity index (χ1n) is 7.64. The molecule has 4 rings (SSSR count). The fourth-order valence-electron chi connectivity index (χ4n) is 2.83. The lowest BCUT2D eigenvalue weighted by atomic mass is 9.98. The average Bonchev–Trinajstić information content (AvgIpc) is 3.13. The Morgan fingerprint density at radius 3 is 2.56 bits per heavy atom. The molecule has 0 bridgehead atoms. The third kappa shape index (κ3) is 2.38. The minimum atomic E-state index is 0.310. The van der Waals surface area contributed by atoms with Crippen molar-refractivity contribution in [2.75, 3.05) is 11.5 Å². The lowest BCUT2D eigenvalue weighted by Crippen LogP contribution is -2.04. The lowest BCUT2D eigenvalue weighted by Gasteiger charge is -2.13. The number of benzene rings is 2. The van der Waals surface area contributed by atoms with Crippen LogP contribution >= 0.6 is 0 Å². The highest BCUT2D eigenvalue weighted by molar-refractivity contribution is 5.94. The molecule has 0 radical (unpaired) electrons. The van der Waals surface area contributed by atoms with Gasteiger partial charge in [-0.15, -0.1) is 10.2 Å². The highest BCUT2D eigenvalue weighted by Gasteiger charge is 2.18. The van der Waals surface area contributed by atoms with Crippen LogP contribution in [0.5, 0.6) is 0 Å². The third-order valence-electron chi connectivity index (χ3n) is 4.06. The summed E-state index contributed by atoms with van der Waals surface area (Å²) >= 11 is 0. The number of nitrogen functional groups attached to an aromatic ring is 2. The monoisotopic (exact) mass is 329 g/mol. The summed E-state index contributed by atoms with van der Waals surface area (Å²) in [5.74, 6) is 0.310. The smallest absolute Gasteiger partial charge is 0.207 e. The molecule has 7 heteroatoms. The standard InChI is InChI=1S/C18H15N7/c19-9-13-8-12(6-7-14(13)20)15-16(11-4-2-1-3-5-11)23-18(21)25-10-22-24-17(15)25/h1-10,19H,20H2,(H2,21,23). The van der Waals surface area contributed by atoms with Crippen molar-refractivity contribution in [3.8, 4) is 22.4 Å². The van der Waals surface area contributed by atoms with Gasteiger partial charge in [0.1, 0.15) is 6.33 Å².